The quantitative estimate of drug-likeness (QED) is 0.114. The van der Waals surface area contributed by atoms with Crippen LogP contribution in [-0.4, -0.2) is 81.2 Å². The van der Waals surface area contributed by atoms with E-state index in [0.717, 1.165) is 124 Å². The first-order valence-corrected chi connectivity index (χ1v) is 25.2. The molecule has 0 bridgehead atoms. The average Bonchev–Trinajstić information content (AvgIpc) is 4.06. The average molecular weight is 1010 g/mol. The molecule has 73 heavy (non-hydrogen) atoms. The molecule has 0 radical (unpaired) electrons. The number of nitrogens with zero attached hydrogens (tertiary/aromatic N) is 5. The molecule has 4 aliphatic rings. The third-order valence-electron chi connectivity index (χ3n) is 14.6. The predicted octanol–water partition coefficient (Wildman–Crippen LogP) is 11.8. The molecule has 6 aromatic rings. The summed E-state index contributed by atoms with van der Waals surface area (Å²) < 4.78 is 11.2. The number of aromatic amines is 2. The number of hydrogen-bond donors (Lipinski definition) is 4. The smallest absolute Gasteiger partial charge is 0.335 e. The van der Waals surface area contributed by atoms with E-state index in [9.17, 15) is 14.7 Å². The molecule has 384 valence electrons. The Kier molecular flexibility index (Phi) is 19.4. The maximum absolute atomic E-state index is 13.7. The van der Waals surface area contributed by atoms with Gasteiger partial charge in [0.1, 0.15) is 11.6 Å². The summed E-state index contributed by atoms with van der Waals surface area (Å²) in [6.07, 6.45) is 5.80. The summed E-state index contributed by atoms with van der Waals surface area (Å²) in [5, 5.41) is 30.5. The van der Waals surface area contributed by atoms with Crippen molar-refractivity contribution in [2.75, 3.05) is 39.4 Å². The summed E-state index contributed by atoms with van der Waals surface area (Å²) in [5.74, 6) is 2.38. The van der Waals surface area contributed by atoms with E-state index < -0.39 is 5.97 Å². The monoisotopic (exact) mass is 1010 g/mol. The van der Waals surface area contributed by atoms with E-state index >= 15 is 0 Å². The maximum Gasteiger partial charge on any atom is 0.335 e. The third-order valence-corrected chi connectivity index (χ3v) is 14.6. The summed E-state index contributed by atoms with van der Waals surface area (Å²) >= 11 is 0. The Morgan fingerprint density at radius 1 is 0.685 bits per heavy atom. The van der Waals surface area contributed by atoms with E-state index in [-0.39, 0.29) is 37.6 Å². The molecule has 2 atom stereocenters. The number of ether oxygens (including phenoxy) is 2. The molecule has 2 fully saturated rings. The number of carbonyl (C=O) groups is 2. The van der Waals surface area contributed by atoms with Gasteiger partial charge in [-0.25, -0.2) is 14.8 Å². The summed E-state index contributed by atoms with van der Waals surface area (Å²) in [6, 6.07) is 28.1. The van der Waals surface area contributed by atoms with Gasteiger partial charge in [0.15, 0.2) is 0 Å². The number of fused-ring (bicyclic) bond motifs is 2. The number of aromatic carboxylic acids is 1. The van der Waals surface area contributed by atoms with E-state index in [1.807, 2.05) is 55.1 Å². The molecule has 2 saturated heterocycles. The van der Waals surface area contributed by atoms with E-state index in [4.69, 9.17) is 30.0 Å². The molecule has 14 heteroatoms. The Morgan fingerprint density at radius 2 is 1.11 bits per heavy atom. The normalized spacial score (nSPS) is 17.3. The van der Waals surface area contributed by atoms with Crippen molar-refractivity contribution in [1.82, 2.24) is 30.2 Å². The first-order valence-electron chi connectivity index (χ1n) is 25.2. The van der Waals surface area contributed by atoms with Gasteiger partial charge < -0.3 is 34.8 Å². The number of carboxylic acids is 1. The van der Waals surface area contributed by atoms with Crippen LogP contribution in [0.15, 0.2) is 72.8 Å². The Morgan fingerprint density at radius 3 is 1.52 bits per heavy atom. The molecular formula is C59H71ClN8O5. The zero-order valence-electron chi connectivity index (χ0n) is 42.4. The standard InChI is InChI=1S/C29H32N4O2.C17H20N2O3.C12H14N2.CH4.ClH/c1-4-21-13-18(2)24(28-31-26-17-35-16-19(3)27(26)32-28)14-25(21)29(34)33-11-9-23(10-12-33)22-7-5-20(15-30)6-8-22;1-4-11-5-9(2)12(6-13(11)17(20)21)16-18-14-8-22-7-10(3)15(14)19-16;13-9-10-1-3-11(4-2-10)12-5-7-14-8-6-12;;/h5-8,13-14,19,23H,4,9-12,16-17H2,1-3H3,(H,31,32);5-6,10H,4,7-8H2,1-3H3,(H,18,19)(H,20,21);1-4,12,14H,5-8H2;1H4;1H. The van der Waals surface area contributed by atoms with Crippen molar-refractivity contribution in [1.29, 1.82) is 10.5 Å². The van der Waals surface area contributed by atoms with Crippen LogP contribution >= 0.6 is 12.4 Å². The van der Waals surface area contributed by atoms with Gasteiger partial charge in [-0.1, -0.05) is 71.5 Å². The summed E-state index contributed by atoms with van der Waals surface area (Å²) in [5.41, 5.74) is 15.2. The number of piperidine rings is 2. The van der Waals surface area contributed by atoms with E-state index in [2.05, 4.69) is 85.4 Å². The van der Waals surface area contributed by atoms with Crippen LogP contribution in [0.2, 0.25) is 0 Å². The van der Waals surface area contributed by atoms with Crippen molar-refractivity contribution in [2.24, 2.45) is 0 Å². The fourth-order valence-electron chi connectivity index (χ4n) is 10.4. The number of aromatic nitrogens is 4. The minimum absolute atomic E-state index is 0. The molecule has 0 saturated carbocycles. The summed E-state index contributed by atoms with van der Waals surface area (Å²) in [6.45, 7) is 18.5. The fraction of sp³-hybridized carbons (Fsp3) is 0.424. The predicted molar refractivity (Wildman–Crippen MR) is 288 cm³/mol. The molecule has 1 amide bonds. The number of nitriles is 2. The van der Waals surface area contributed by atoms with Crippen molar-refractivity contribution < 1.29 is 24.2 Å². The largest absolute Gasteiger partial charge is 0.478 e. The van der Waals surface area contributed by atoms with Crippen LogP contribution < -0.4 is 5.32 Å². The molecule has 10 rings (SSSR count). The molecule has 0 spiro atoms. The highest BCUT2D eigenvalue weighted by atomic mass is 35.5. The lowest BCUT2D eigenvalue weighted by Gasteiger charge is -2.33. The Bertz CT molecular complexity index is 2930. The van der Waals surface area contributed by atoms with Gasteiger partial charge in [0, 0.05) is 41.6 Å². The highest BCUT2D eigenvalue weighted by Crippen LogP contribution is 2.35. The second-order valence-electron chi connectivity index (χ2n) is 19.4. The number of amides is 1. The molecular weight excluding hydrogens is 936 g/mol. The minimum Gasteiger partial charge on any atom is -0.478 e. The number of carbonyl (C=O) groups excluding carboxylic acids is 1. The van der Waals surface area contributed by atoms with Crippen molar-refractivity contribution in [3.63, 3.8) is 0 Å². The van der Waals surface area contributed by atoms with Crippen LogP contribution in [0.5, 0.6) is 0 Å². The summed E-state index contributed by atoms with van der Waals surface area (Å²) in [4.78, 5) is 43.5. The van der Waals surface area contributed by atoms with Crippen LogP contribution in [0.1, 0.15) is 172 Å². The topological polar surface area (TPSA) is 193 Å². The molecule has 13 nitrogen and oxygen atoms in total. The Hall–Kier alpha value is -6.61. The zero-order chi connectivity index (χ0) is 50.2. The first-order chi connectivity index (χ1) is 34.4. The fourth-order valence-corrected chi connectivity index (χ4v) is 10.4. The number of nitrogens with one attached hydrogen (secondary N) is 3. The number of hydrogen-bond acceptors (Lipinski definition) is 9. The lowest BCUT2D eigenvalue weighted by Crippen LogP contribution is -2.38. The number of aryl methyl sites for hydroxylation is 4. The second-order valence-corrected chi connectivity index (χ2v) is 19.4. The van der Waals surface area contributed by atoms with Crippen molar-refractivity contribution >= 4 is 24.3 Å². The van der Waals surface area contributed by atoms with Gasteiger partial charge in [-0.15, -0.1) is 12.4 Å². The first kappa shape index (κ1) is 55.7. The highest BCUT2D eigenvalue weighted by Gasteiger charge is 2.29. The summed E-state index contributed by atoms with van der Waals surface area (Å²) in [7, 11) is 0. The van der Waals surface area contributed by atoms with Crippen LogP contribution in [-0.2, 0) is 35.5 Å². The van der Waals surface area contributed by atoms with Crippen LogP contribution in [0, 0.1) is 36.5 Å². The minimum atomic E-state index is -0.897. The lowest BCUT2D eigenvalue weighted by molar-refractivity contribution is 0.0691. The van der Waals surface area contributed by atoms with E-state index in [1.165, 1.54) is 24.0 Å². The number of imidazole rings is 2. The van der Waals surface area contributed by atoms with Crippen molar-refractivity contribution in [3.05, 3.63) is 151 Å². The van der Waals surface area contributed by atoms with Crippen LogP contribution in [0.3, 0.4) is 0 Å². The third kappa shape index (κ3) is 12.8. The van der Waals surface area contributed by atoms with Gasteiger partial charge in [-0.05, 0) is 147 Å². The molecule has 2 aromatic heterocycles. The zero-order valence-corrected chi connectivity index (χ0v) is 43.2. The number of carboxylic acid groups (broad SMARTS) is 1. The van der Waals surface area contributed by atoms with Gasteiger partial charge in [0.2, 0.25) is 0 Å². The van der Waals surface area contributed by atoms with Crippen molar-refractivity contribution in [3.8, 4) is 34.9 Å². The maximum atomic E-state index is 13.7. The molecule has 4 N–H and O–H groups in total. The highest BCUT2D eigenvalue weighted by molar-refractivity contribution is 5.97. The van der Waals surface area contributed by atoms with Gasteiger partial charge in [0.05, 0.1) is 78.0 Å². The van der Waals surface area contributed by atoms with Gasteiger partial charge >= 0.3 is 5.97 Å². The molecule has 0 aliphatic carbocycles. The van der Waals surface area contributed by atoms with Gasteiger partial charge in [-0.3, -0.25) is 4.79 Å². The Labute approximate surface area is 437 Å². The van der Waals surface area contributed by atoms with Gasteiger partial charge in [0.25, 0.3) is 5.91 Å². The number of likely N-dealkylation sites (tertiary alicyclic amines) is 1. The second kappa shape index (κ2) is 25.4. The Balaban J connectivity index is 0.000000195. The molecule has 4 aliphatic heterocycles. The SMILES string of the molecule is C.CCc1cc(C)c(-c2nc3c([nH]2)COCC3C)cc1C(=O)N1CCC(c2ccc(C#N)cc2)CC1.CCc1cc(C)c(-c2nc3c([nH]2)COCC3C)cc1C(=O)O.Cl.N#Cc1ccc(C2CCNCC2)cc1. The molecule has 6 heterocycles. The van der Waals surface area contributed by atoms with Crippen molar-refractivity contribution in [2.45, 2.75) is 124 Å². The van der Waals surface area contributed by atoms with Gasteiger partial charge in [-0.2, -0.15) is 10.5 Å². The van der Waals surface area contributed by atoms with E-state index in [0.29, 0.717) is 55.8 Å². The van der Waals surface area contributed by atoms with E-state index in [1.54, 1.807) is 6.07 Å². The number of halogens is 1. The molecule has 2 unspecified atom stereocenters. The molecule has 4 aromatic carbocycles. The van der Waals surface area contributed by atoms with Crippen LogP contribution in [0.25, 0.3) is 22.8 Å². The number of rotatable bonds is 8. The van der Waals surface area contributed by atoms with Crippen LogP contribution in [0.4, 0.5) is 0 Å². The lowest BCUT2D eigenvalue weighted by atomic mass is 9.88. The number of benzene rings is 4. The number of H-pyrrole nitrogens is 2.